The zero-order valence-electron chi connectivity index (χ0n) is 31.7. The Morgan fingerprint density at radius 2 is 1.86 bits per heavy atom. The Morgan fingerprint density at radius 3 is 2.64 bits per heavy atom. The number of ether oxygens (including phenoxy) is 1. The number of nitrogens with one attached hydrogen (secondary N) is 4. The van der Waals surface area contributed by atoms with Crippen LogP contribution in [0.1, 0.15) is 105 Å². The fourth-order valence-corrected chi connectivity index (χ4v) is 10.0. The molecule has 2 saturated heterocycles. The zero-order chi connectivity index (χ0) is 38.2. The second-order valence-corrected chi connectivity index (χ2v) is 17.2. The number of H-pyrrole nitrogens is 2. The summed E-state index contributed by atoms with van der Waals surface area (Å²) in [6, 6.07) is 15.6. The van der Waals surface area contributed by atoms with Crippen LogP contribution in [0.3, 0.4) is 0 Å². The molecule has 3 aliphatic heterocycles. The highest BCUT2D eigenvalue weighted by molar-refractivity contribution is 7.12. The number of benzene rings is 2. The van der Waals surface area contributed by atoms with Gasteiger partial charge in [0, 0.05) is 41.1 Å². The SMILES string of the molecule is CC(=O)N[C@H](C(=O)N1CCC[C@H]1c1nc(-c2cc(F)c3c(c2)OC(c2ccc(C4CC4)s2)n2c-3cc3cc(-c4cnc([C@@H]5CCCN5)[nH]4)ccc32)c[nH]1)C(C)C. The van der Waals surface area contributed by atoms with Gasteiger partial charge in [0.15, 0.2) is 0 Å². The second kappa shape index (κ2) is 13.7. The van der Waals surface area contributed by atoms with Crippen molar-refractivity contribution in [1.82, 2.24) is 40.0 Å². The Balaban J connectivity index is 1.01. The van der Waals surface area contributed by atoms with Crippen LogP contribution in [0.5, 0.6) is 5.75 Å². The van der Waals surface area contributed by atoms with Crippen LogP contribution in [0.15, 0.2) is 60.9 Å². The van der Waals surface area contributed by atoms with Crippen molar-refractivity contribution in [1.29, 1.82) is 0 Å². The van der Waals surface area contributed by atoms with Crippen LogP contribution < -0.4 is 15.4 Å². The minimum Gasteiger partial charge on any atom is -0.464 e. The Hall–Kier alpha value is -5.27. The van der Waals surface area contributed by atoms with Crippen LogP contribution in [0, 0.1) is 11.7 Å². The highest BCUT2D eigenvalue weighted by Crippen LogP contribution is 2.50. The molecule has 10 rings (SSSR count). The monoisotopic (exact) mass is 772 g/mol. The normalized spacial score (nSPS) is 21.0. The van der Waals surface area contributed by atoms with Crippen LogP contribution in [0.25, 0.3) is 44.7 Å². The Morgan fingerprint density at radius 1 is 1.00 bits per heavy atom. The van der Waals surface area contributed by atoms with Crippen molar-refractivity contribution in [2.24, 2.45) is 5.92 Å². The van der Waals surface area contributed by atoms with Crippen LogP contribution in [0.2, 0.25) is 0 Å². The number of rotatable bonds is 9. The van der Waals surface area contributed by atoms with Gasteiger partial charge in [0.2, 0.25) is 18.0 Å². The fraction of sp³-hybridized carbons (Fsp3) is 0.395. The molecule has 4 atom stereocenters. The first-order chi connectivity index (χ1) is 27.2. The first kappa shape index (κ1) is 35.2. The van der Waals surface area contributed by atoms with Gasteiger partial charge in [0.1, 0.15) is 29.3 Å². The molecule has 6 aromatic rings. The van der Waals surface area contributed by atoms with E-state index in [9.17, 15) is 9.59 Å². The Labute approximate surface area is 328 Å². The molecule has 4 aliphatic rings. The molecule has 0 radical (unpaired) electrons. The first-order valence-electron chi connectivity index (χ1n) is 19.9. The number of hydrogen-bond donors (Lipinski definition) is 4. The molecule has 0 spiro atoms. The lowest BCUT2D eigenvalue weighted by molar-refractivity contribution is -0.138. The first-order valence-corrected chi connectivity index (χ1v) is 20.7. The molecule has 0 bridgehead atoms. The molecule has 288 valence electrons. The molecule has 4 N–H and O–H groups in total. The van der Waals surface area contributed by atoms with Crippen LogP contribution in [-0.4, -0.2) is 60.3 Å². The minimum atomic E-state index is -0.620. The molecule has 3 fully saturated rings. The van der Waals surface area contributed by atoms with Gasteiger partial charge in [-0.1, -0.05) is 19.9 Å². The van der Waals surface area contributed by atoms with E-state index in [1.165, 1.54) is 30.7 Å². The molecular formula is C43H45FN8O3S. The van der Waals surface area contributed by atoms with Crippen molar-refractivity contribution in [2.45, 2.75) is 89.6 Å². The summed E-state index contributed by atoms with van der Waals surface area (Å²) in [6.45, 7) is 6.87. The molecule has 1 unspecified atom stereocenters. The van der Waals surface area contributed by atoms with E-state index in [4.69, 9.17) is 14.7 Å². The van der Waals surface area contributed by atoms with Crippen LogP contribution in [0.4, 0.5) is 4.39 Å². The van der Waals surface area contributed by atoms with Gasteiger partial charge in [0.25, 0.3) is 0 Å². The van der Waals surface area contributed by atoms with Gasteiger partial charge in [-0.25, -0.2) is 14.4 Å². The largest absolute Gasteiger partial charge is 0.464 e. The summed E-state index contributed by atoms with van der Waals surface area (Å²) in [7, 11) is 0. The van der Waals surface area contributed by atoms with E-state index in [1.54, 1.807) is 17.5 Å². The number of carbonyl (C=O) groups excluding carboxylic acids is 2. The number of amides is 2. The van der Waals surface area contributed by atoms with E-state index >= 15 is 4.39 Å². The molecular weight excluding hydrogens is 728 g/mol. The van der Waals surface area contributed by atoms with Gasteiger partial charge >= 0.3 is 0 Å². The summed E-state index contributed by atoms with van der Waals surface area (Å²) >= 11 is 1.77. The summed E-state index contributed by atoms with van der Waals surface area (Å²) in [4.78, 5) is 46.3. The van der Waals surface area contributed by atoms with Gasteiger partial charge in [-0.2, -0.15) is 0 Å². The van der Waals surface area contributed by atoms with Gasteiger partial charge < -0.3 is 30.2 Å². The number of aromatic amines is 2. The van der Waals surface area contributed by atoms with Gasteiger partial charge in [-0.05, 0) is 99.4 Å². The van der Waals surface area contributed by atoms with Gasteiger partial charge in [0.05, 0.1) is 51.3 Å². The number of hydrogen-bond acceptors (Lipinski definition) is 7. The summed E-state index contributed by atoms with van der Waals surface area (Å²) in [5.41, 5.74) is 5.26. The summed E-state index contributed by atoms with van der Waals surface area (Å²) in [5.74, 6) is 1.84. The Kier molecular flexibility index (Phi) is 8.62. The van der Waals surface area contributed by atoms with E-state index < -0.39 is 18.1 Å². The molecule has 2 amide bonds. The number of nitrogens with zero attached hydrogens (tertiary/aromatic N) is 4. The highest BCUT2D eigenvalue weighted by Gasteiger charge is 2.38. The lowest BCUT2D eigenvalue weighted by atomic mass is 10.0. The quantitative estimate of drug-likeness (QED) is 0.117. The average Bonchev–Trinajstić information content (AvgIpc) is 3.91. The van der Waals surface area contributed by atoms with Crippen molar-refractivity contribution in [3.8, 4) is 39.5 Å². The number of likely N-dealkylation sites (tertiary alicyclic amines) is 1. The lowest BCUT2D eigenvalue weighted by Crippen LogP contribution is -2.50. The van der Waals surface area contributed by atoms with Crippen molar-refractivity contribution in [2.75, 3.05) is 13.1 Å². The second-order valence-electron chi connectivity index (χ2n) is 16.1. The highest BCUT2D eigenvalue weighted by atomic mass is 32.1. The maximum atomic E-state index is 16.7. The molecule has 11 nitrogen and oxygen atoms in total. The third kappa shape index (κ3) is 6.12. The number of aromatic nitrogens is 5. The molecule has 2 aromatic carbocycles. The van der Waals surface area contributed by atoms with Crippen molar-refractivity contribution >= 4 is 34.1 Å². The maximum absolute atomic E-state index is 16.7. The Bertz CT molecular complexity index is 2490. The predicted octanol–water partition coefficient (Wildman–Crippen LogP) is 8.35. The van der Waals surface area contributed by atoms with Crippen LogP contribution in [-0.2, 0) is 9.59 Å². The zero-order valence-corrected chi connectivity index (χ0v) is 32.5. The molecule has 4 aromatic heterocycles. The average molecular weight is 773 g/mol. The van der Waals surface area contributed by atoms with Crippen LogP contribution >= 0.6 is 11.3 Å². The van der Waals surface area contributed by atoms with E-state index in [0.29, 0.717) is 40.9 Å². The molecule has 56 heavy (non-hydrogen) atoms. The maximum Gasteiger partial charge on any atom is 0.246 e. The predicted molar refractivity (Wildman–Crippen MR) is 214 cm³/mol. The topological polar surface area (TPSA) is 133 Å². The minimum absolute atomic E-state index is 0.0686. The molecule has 1 saturated carbocycles. The lowest BCUT2D eigenvalue weighted by Gasteiger charge is -2.30. The number of halogens is 1. The molecule has 1 aliphatic carbocycles. The summed E-state index contributed by atoms with van der Waals surface area (Å²) < 4.78 is 25.7. The number of thiophene rings is 1. The van der Waals surface area contributed by atoms with E-state index in [-0.39, 0.29) is 29.8 Å². The third-order valence-corrected chi connectivity index (χ3v) is 13.1. The van der Waals surface area contributed by atoms with E-state index in [0.717, 1.165) is 70.8 Å². The van der Waals surface area contributed by atoms with Crippen molar-refractivity contribution < 1.29 is 18.7 Å². The number of carbonyl (C=O) groups is 2. The molecule has 7 heterocycles. The van der Waals surface area contributed by atoms with E-state index in [1.807, 2.05) is 31.0 Å². The summed E-state index contributed by atoms with van der Waals surface area (Å²) in [6.07, 6.45) is 9.38. The number of imidazole rings is 2. The van der Waals surface area contributed by atoms with Gasteiger partial charge in [-0.15, -0.1) is 11.3 Å². The summed E-state index contributed by atoms with van der Waals surface area (Å²) in [5, 5.41) is 7.34. The third-order valence-electron chi connectivity index (χ3n) is 11.8. The van der Waals surface area contributed by atoms with Crippen molar-refractivity contribution in [3.05, 3.63) is 88.1 Å². The smallest absolute Gasteiger partial charge is 0.246 e. The number of fused-ring (bicyclic) bond motifs is 5. The molecule has 13 heteroatoms. The fourth-order valence-electron chi connectivity index (χ4n) is 8.83. The van der Waals surface area contributed by atoms with E-state index in [2.05, 4.69) is 61.6 Å². The van der Waals surface area contributed by atoms with Gasteiger partial charge in [-0.3, -0.25) is 14.2 Å². The van der Waals surface area contributed by atoms with Crippen molar-refractivity contribution in [3.63, 3.8) is 0 Å². The standard InChI is InChI=1S/C43H45FN8O3S/c1-22(2)39(48-23(3)53)42(54)51-15-5-7-33(51)41-47-21-31(50-41)26-17-28(44)38-34-18-27-16-25(30-20-46-40(49-30)29-6-4-14-45-29)10-11-32(27)52(34)43(55-35(38)19-26)37-13-12-36(56-37)24-8-9-24/h10-13,16-22,24,29,33,39,43,45H,4-9,14-15H2,1-3H3,(H,46,49)(H,47,50)(H,48,53)/t29-,33-,39-,43?/m0/s1.